The number of benzene rings is 2. The Bertz CT molecular complexity index is 1200. The fourth-order valence-corrected chi connectivity index (χ4v) is 7.59. The Labute approximate surface area is 217 Å². The lowest BCUT2D eigenvalue weighted by Gasteiger charge is -2.33. The highest BCUT2D eigenvalue weighted by atomic mass is 32.2. The number of sulfonamides is 1. The highest BCUT2D eigenvalue weighted by molar-refractivity contribution is 8.02. The van der Waals surface area contributed by atoms with E-state index in [1.54, 1.807) is 58.9 Å². The molecule has 196 valence electrons. The summed E-state index contributed by atoms with van der Waals surface area (Å²) >= 11 is 1.21. The minimum absolute atomic E-state index is 0.0816. The van der Waals surface area contributed by atoms with Crippen LogP contribution in [-0.2, 0) is 30.8 Å². The van der Waals surface area contributed by atoms with Gasteiger partial charge in [-0.05, 0) is 71.4 Å². The van der Waals surface area contributed by atoms with Crippen LogP contribution in [0.5, 0.6) is 5.75 Å². The predicted octanol–water partition coefficient (Wildman–Crippen LogP) is 3.61. The van der Waals surface area contributed by atoms with E-state index in [0.717, 1.165) is 5.56 Å². The topological polar surface area (TPSA) is 113 Å². The van der Waals surface area contributed by atoms with E-state index >= 15 is 0 Å². The van der Waals surface area contributed by atoms with E-state index in [2.05, 4.69) is 5.32 Å². The van der Waals surface area contributed by atoms with Crippen LogP contribution >= 0.6 is 11.8 Å². The lowest BCUT2D eigenvalue weighted by Crippen LogP contribution is -2.55. The number of nitrogens with one attached hydrogen (secondary N) is 1. The van der Waals surface area contributed by atoms with Gasteiger partial charge in [0.25, 0.3) is 0 Å². The van der Waals surface area contributed by atoms with Gasteiger partial charge in [-0.15, -0.1) is 11.8 Å². The molecule has 36 heavy (non-hydrogen) atoms. The first-order valence-corrected chi connectivity index (χ1v) is 14.1. The van der Waals surface area contributed by atoms with Crippen LogP contribution in [0.1, 0.15) is 45.7 Å². The highest BCUT2D eigenvalue weighted by Crippen LogP contribution is 2.41. The molecule has 0 radical (unpaired) electrons. The van der Waals surface area contributed by atoms with Crippen molar-refractivity contribution < 1.29 is 27.9 Å². The molecular weight excluding hydrogens is 500 g/mol. The van der Waals surface area contributed by atoms with Crippen LogP contribution in [0.15, 0.2) is 53.4 Å². The maximum absolute atomic E-state index is 13.6. The molecule has 1 saturated heterocycles. The number of phenolic OH excluding ortho intramolecular Hbond substituents is 1. The number of amides is 1. The number of esters is 1. The third-order valence-corrected chi connectivity index (χ3v) is 9.43. The summed E-state index contributed by atoms with van der Waals surface area (Å²) in [5, 5.41) is 11.3. The minimum atomic E-state index is -4.00. The van der Waals surface area contributed by atoms with Gasteiger partial charge in [-0.3, -0.25) is 4.79 Å². The van der Waals surface area contributed by atoms with Crippen LogP contribution in [0.3, 0.4) is 0 Å². The molecule has 3 rings (SSSR count). The smallest absolute Gasteiger partial charge is 0.329 e. The van der Waals surface area contributed by atoms with E-state index in [4.69, 9.17) is 4.74 Å². The van der Waals surface area contributed by atoms with Crippen LogP contribution in [-0.4, -0.2) is 58.0 Å². The number of carbonyl (C=O) groups excluding carboxylic acids is 2. The summed E-state index contributed by atoms with van der Waals surface area (Å²) in [6.45, 7) is 10.6. The zero-order valence-corrected chi connectivity index (χ0v) is 23.1. The summed E-state index contributed by atoms with van der Waals surface area (Å²) in [6.07, 6.45) is 0.117. The van der Waals surface area contributed by atoms with E-state index in [9.17, 15) is 23.1 Å². The van der Waals surface area contributed by atoms with Gasteiger partial charge in [0, 0.05) is 17.7 Å². The monoisotopic (exact) mass is 534 g/mol. The molecule has 1 fully saturated rings. The van der Waals surface area contributed by atoms with Crippen molar-refractivity contribution in [2.45, 2.75) is 75.4 Å². The van der Waals surface area contributed by atoms with Crippen molar-refractivity contribution in [2.75, 3.05) is 5.75 Å². The molecule has 1 heterocycles. The summed E-state index contributed by atoms with van der Waals surface area (Å²) in [7, 11) is -4.00. The third kappa shape index (κ3) is 6.60. The van der Waals surface area contributed by atoms with Gasteiger partial charge in [-0.2, -0.15) is 4.31 Å². The van der Waals surface area contributed by atoms with Crippen molar-refractivity contribution in [3.05, 3.63) is 59.7 Å². The first kappa shape index (κ1) is 28.0. The molecule has 0 saturated carbocycles. The lowest BCUT2D eigenvalue weighted by molar-refractivity contribution is -0.158. The molecule has 1 aliphatic rings. The summed E-state index contributed by atoms with van der Waals surface area (Å²) in [5.74, 6) is -0.723. The van der Waals surface area contributed by atoms with Crippen molar-refractivity contribution in [1.29, 1.82) is 0 Å². The van der Waals surface area contributed by atoms with Crippen LogP contribution < -0.4 is 5.32 Å². The molecule has 2 N–H and O–H groups in total. The summed E-state index contributed by atoms with van der Waals surface area (Å²) in [6, 6.07) is 11.8. The number of hydrogen-bond donors (Lipinski definition) is 2. The summed E-state index contributed by atoms with van der Waals surface area (Å²) in [4.78, 5) is 26.6. The van der Waals surface area contributed by atoms with Crippen molar-refractivity contribution in [3.8, 4) is 5.75 Å². The SMILES string of the molecule is Cc1ccc(S(=O)(=O)N2[C@H](C(=O)N[C@@H](Cc3ccc(O)cc3)C(=O)OC(C)(C)C)SCC2(C)C)cc1. The standard InChI is InChI=1S/C26H34N2O6S2/c1-17-7-13-20(14-8-17)36(32,33)28-23(35-16-26(28,5)6)22(30)27-21(24(31)34-25(2,3)4)15-18-9-11-19(29)12-10-18/h7-14,21,23,29H,15-16H2,1-6H3,(H,27,30)/t21-,23-/m0/s1. The number of ether oxygens (including phenoxy) is 1. The molecule has 10 heteroatoms. The molecule has 0 bridgehead atoms. The summed E-state index contributed by atoms with van der Waals surface area (Å²) < 4.78 is 34.0. The fraction of sp³-hybridized carbons (Fsp3) is 0.462. The molecule has 0 aromatic heterocycles. The Balaban J connectivity index is 1.90. The van der Waals surface area contributed by atoms with Crippen molar-refractivity contribution in [3.63, 3.8) is 0 Å². The van der Waals surface area contributed by atoms with Gasteiger partial charge in [0.05, 0.1) is 4.90 Å². The van der Waals surface area contributed by atoms with Crippen LogP contribution in [0, 0.1) is 6.92 Å². The Morgan fingerprint density at radius 1 is 1.14 bits per heavy atom. The largest absolute Gasteiger partial charge is 0.508 e. The molecule has 0 spiro atoms. The van der Waals surface area contributed by atoms with Crippen molar-refractivity contribution >= 4 is 33.7 Å². The zero-order chi connectivity index (χ0) is 26.9. The number of aromatic hydroxyl groups is 1. The quantitative estimate of drug-likeness (QED) is 0.522. The first-order chi connectivity index (χ1) is 16.6. The Hall–Kier alpha value is -2.56. The second kappa shape index (κ2) is 10.4. The number of rotatable bonds is 7. The molecule has 1 aliphatic heterocycles. The van der Waals surface area contributed by atoms with Crippen molar-refractivity contribution in [2.24, 2.45) is 0 Å². The molecule has 2 aromatic carbocycles. The molecule has 0 unspecified atom stereocenters. The molecule has 1 amide bonds. The third-order valence-electron chi connectivity index (χ3n) is 5.59. The van der Waals surface area contributed by atoms with E-state index < -0.39 is 44.5 Å². The number of carbonyl (C=O) groups is 2. The van der Waals surface area contributed by atoms with Crippen LogP contribution in [0.4, 0.5) is 0 Å². The van der Waals surface area contributed by atoms with E-state index in [1.165, 1.54) is 40.3 Å². The van der Waals surface area contributed by atoms with Crippen molar-refractivity contribution in [1.82, 2.24) is 9.62 Å². The average Bonchev–Trinajstić information content (AvgIpc) is 3.09. The van der Waals surface area contributed by atoms with Gasteiger partial charge in [0.2, 0.25) is 15.9 Å². The first-order valence-electron chi connectivity index (χ1n) is 11.6. The van der Waals surface area contributed by atoms with Crippen LogP contribution in [0.2, 0.25) is 0 Å². The number of aryl methyl sites for hydroxylation is 1. The van der Waals surface area contributed by atoms with Gasteiger partial charge in [0.15, 0.2) is 0 Å². The highest BCUT2D eigenvalue weighted by Gasteiger charge is 2.51. The summed E-state index contributed by atoms with van der Waals surface area (Å²) in [5.41, 5.74) is 0.0227. The van der Waals surface area contributed by atoms with E-state index in [-0.39, 0.29) is 17.1 Å². The zero-order valence-electron chi connectivity index (χ0n) is 21.4. The number of nitrogens with zero attached hydrogens (tertiary/aromatic N) is 1. The number of phenols is 1. The Morgan fingerprint density at radius 3 is 2.28 bits per heavy atom. The number of hydrogen-bond acceptors (Lipinski definition) is 7. The Morgan fingerprint density at radius 2 is 1.72 bits per heavy atom. The van der Waals surface area contributed by atoms with Gasteiger partial charge in [0.1, 0.15) is 22.8 Å². The second-order valence-corrected chi connectivity index (χ2v) is 13.4. The predicted molar refractivity (Wildman–Crippen MR) is 140 cm³/mol. The van der Waals surface area contributed by atoms with Gasteiger partial charge < -0.3 is 15.2 Å². The molecule has 0 aliphatic carbocycles. The fourth-order valence-electron chi connectivity index (χ4n) is 3.87. The lowest BCUT2D eigenvalue weighted by atomic mass is 10.0. The maximum atomic E-state index is 13.6. The van der Waals surface area contributed by atoms with Crippen LogP contribution in [0.25, 0.3) is 0 Å². The normalized spacial score (nSPS) is 19.0. The van der Waals surface area contributed by atoms with Gasteiger partial charge in [-0.1, -0.05) is 29.8 Å². The van der Waals surface area contributed by atoms with Gasteiger partial charge >= 0.3 is 5.97 Å². The second-order valence-electron chi connectivity index (χ2n) is 10.6. The van der Waals surface area contributed by atoms with E-state index in [1.807, 2.05) is 6.92 Å². The molecule has 2 atom stereocenters. The molecule has 8 nitrogen and oxygen atoms in total. The Kier molecular flexibility index (Phi) is 8.12. The van der Waals surface area contributed by atoms with Gasteiger partial charge in [-0.25, -0.2) is 13.2 Å². The number of thioether (sulfide) groups is 1. The molecular formula is C26H34N2O6S2. The van der Waals surface area contributed by atoms with E-state index in [0.29, 0.717) is 11.3 Å². The minimum Gasteiger partial charge on any atom is -0.508 e. The molecule has 2 aromatic rings. The average molecular weight is 535 g/mol. The maximum Gasteiger partial charge on any atom is 0.329 e.